The van der Waals surface area contributed by atoms with Gasteiger partial charge in [-0.15, -0.1) is 0 Å². The Balaban J connectivity index is 1.88. The standard InChI is InChI=1S/C35H37BrClN3O7S/c1-5-38-35(42)30(19-24-10-7-6-8-11-24)39(22-25-12-9-13-26(36)18-25)34(41)23-40(29-20-27(37)14-16-31(29)45-2)48(43,44)28-15-17-32(46-3)33(21-28)47-4/h6-18,20-21,30H,5,19,22-23H2,1-4H3,(H,38,42)/t30-/m1/s1. The third-order valence-corrected chi connectivity index (χ3v) is 9.98. The predicted octanol–water partition coefficient (Wildman–Crippen LogP) is 6.10. The minimum Gasteiger partial charge on any atom is -0.495 e. The summed E-state index contributed by atoms with van der Waals surface area (Å²) in [6.45, 7) is 1.46. The van der Waals surface area contributed by atoms with Gasteiger partial charge in [-0.3, -0.25) is 13.9 Å². The lowest BCUT2D eigenvalue weighted by atomic mass is 10.0. The number of rotatable bonds is 15. The molecule has 1 atom stereocenters. The van der Waals surface area contributed by atoms with Crippen molar-refractivity contribution in [2.75, 3.05) is 38.7 Å². The van der Waals surface area contributed by atoms with E-state index in [2.05, 4.69) is 21.2 Å². The summed E-state index contributed by atoms with van der Waals surface area (Å²) in [5, 5.41) is 3.07. The number of halogens is 2. The van der Waals surface area contributed by atoms with Crippen LogP contribution >= 0.6 is 27.5 Å². The Bertz CT molecular complexity index is 1840. The number of sulfonamides is 1. The van der Waals surface area contributed by atoms with Gasteiger partial charge in [0.15, 0.2) is 11.5 Å². The van der Waals surface area contributed by atoms with E-state index in [1.165, 1.54) is 56.6 Å². The lowest BCUT2D eigenvalue weighted by molar-refractivity contribution is -0.140. The number of carbonyl (C=O) groups excluding carboxylic acids is 2. The lowest BCUT2D eigenvalue weighted by Gasteiger charge is -2.34. The maximum atomic E-state index is 14.7. The molecule has 2 amide bonds. The molecule has 0 bridgehead atoms. The summed E-state index contributed by atoms with van der Waals surface area (Å²) in [6, 6.07) is 24.3. The van der Waals surface area contributed by atoms with E-state index in [0.717, 1.165) is 19.9 Å². The zero-order valence-electron chi connectivity index (χ0n) is 27.0. The lowest BCUT2D eigenvalue weighted by Crippen LogP contribution is -2.53. The Morgan fingerprint density at radius 3 is 2.15 bits per heavy atom. The molecule has 10 nitrogen and oxygen atoms in total. The highest BCUT2D eigenvalue weighted by Gasteiger charge is 2.36. The molecule has 13 heteroatoms. The van der Waals surface area contributed by atoms with Crippen molar-refractivity contribution >= 4 is 55.1 Å². The number of nitrogens with zero attached hydrogens (tertiary/aromatic N) is 2. The predicted molar refractivity (Wildman–Crippen MR) is 189 cm³/mol. The van der Waals surface area contributed by atoms with Crippen molar-refractivity contribution in [1.29, 1.82) is 0 Å². The molecule has 0 aliphatic carbocycles. The fourth-order valence-corrected chi connectivity index (χ4v) is 7.20. The van der Waals surface area contributed by atoms with Crippen LogP contribution in [-0.4, -0.2) is 65.6 Å². The first kappa shape index (κ1) is 36.6. The SMILES string of the molecule is CCNC(=O)[C@@H](Cc1ccccc1)N(Cc1cccc(Br)c1)C(=O)CN(c1cc(Cl)ccc1OC)S(=O)(=O)c1ccc(OC)c(OC)c1. The van der Waals surface area contributed by atoms with Crippen molar-refractivity contribution in [3.05, 3.63) is 112 Å². The van der Waals surface area contributed by atoms with Gasteiger partial charge in [0.05, 0.1) is 31.9 Å². The molecule has 4 rings (SSSR count). The molecule has 0 saturated carbocycles. The third-order valence-electron chi connectivity index (χ3n) is 7.50. The van der Waals surface area contributed by atoms with Crippen LogP contribution in [0.4, 0.5) is 5.69 Å². The highest BCUT2D eigenvalue weighted by molar-refractivity contribution is 9.10. The van der Waals surface area contributed by atoms with E-state index in [4.69, 9.17) is 25.8 Å². The average molecular weight is 759 g/mol. The topological polar surface area (TPSA) is 114 Å². The normalized spacial score (nSPS) is 11.7. The first-order valence-corrected chi connectivity index (χ1v) is 17.6. The highest BCUT2D eigenvalue weighted by atomic mass is 79.9. The molecule has 0 spiro atoms. The maximum Gasteiger partial charge on any atom is 0.265 e. The van der Waals surface area contributed by atoms with Crippen molar-refractivity contribution < 1.29 is 32.2 Å². The monoisotopic (exact) mass is 757 g/mol. The van der Waals surface area contributed by atoms with E-state index in [0.29, 0.717) is 12.3 Å². The molecule has 0 saturated heterocycles. The molecule has 0 aliphatic rings. The van der Waals surface area contributed by atoms with Gasteiger partial charge in [0.2, 0.25) is 11.8 Å². The van der Waals surface area contributed by atoms with Crippen molar-refractivity contribution in [2.45, 2.75) is 30.8 Å². The van der Waals surface area contributed by atoms with E-state index in [-0.39, 0.29) is 46.0 Å². The van der Waals surface area contributed by atoms with Crippen molar-refractivity contribution in [2.24, 2.45) is 0 Å². The molecule has 48 heavy (non-hydrogen) atoms. The van der Waals surface area contributed by atoms with Gasteiger partial charge in [-0.1, -0.05) is 70.0 Å². The molecule has 254 valence electrons. The fourth-order valence-electron chi connectivity index (χ4n) is 5.15. The Kier molecular flexibility index (Phi) is 12.7. The van der Waals surface area contributed by atoms with Crippen molar-refractivity contribution in [3.8, 4) is 17.2 Å². The van der Waals surface area contributed by atoms with E-state index in [1.807, 2.05) is 54.6 Å². The second-order valence-electron chi connectivity index (χ2n) is 10.6. The molecule has 4 aromatic carbocycles. The second kappa shape index (κ2) is 16.7. The van der Waals surface area contributed by atoms with E-state index < -0.39 is 28.5 Å². The number of hydrogen-bond donors (Lipinski definition) is 1. The van der Waals surface area contributed by atoms with Gasteiger partial charge < -0.3 is 24.4 Å². The second-order valence-corrected chi connectivity index (χ2v) is 13.8. The van der Waals surface area contributed by atoms with Crippen LogP contribution in [0.3, 0.4) is 0 Å². The van der Waals surface area contributed by atoms with Crippen molar-refractivity contribution in [1.82, 2.24) is 10.2 Å². The molecule has 1 N–H and O–H groups in total. The molecular weight excluding hydrogens is 722 g/mol. The summed E-state index contributed by atoms with van der Waals surface area (Å²) < 4.78 is 47.0. The molecule has 0 unspecified atom stereocenters. The summed E-state index contributed by atoms with van der Waals surface area (Å²) in [6.07, 6.45) is 0.190. The minimum absolute atomic E-state index is 0.0177. The van der Waals surface area contributed by atoms with Gasteiger partial charge >= 0.3 is 0 Å². The van der Waals surface area contributed by atoms with Gasteiger partial charge in [0.1, 0.15) is 18.3 Å². The van der Waals surface area contributed by atoms with Crippen LogP contribution in [0.2, 0.25) is 5.02 Å². The van der Waals surface area contributed by atoms with E-state index in [1.54, 1.807) is 13.0 Å². The number of ether oxygens (including phenoxy) is 3. The van der Waals surface area contributed by atoms with Gasteiger partial charge in [-0.25, -0.2) is 8.42 Å². The van der Waals surface area contributed by atoms with Crippen LogP contribution in [0.25, 0.3) is 0 Å². The van der Waals surface area contributed by atoms with E-state index >= 15 is 0 Å². The number of likely N-dealkylation sites (N-methyl/N-ethyl adjacent to an activating group) is 1. The summed E-state index contributed by atoms with van der Waals surface area (Å²) in [4.78, 5) is 29.6. The number of nitrogens with one attached hydrogen (secondary N) is 1. The quantitative estimate of drug-likeness (QED) is 0.156. The number of benzene rings is 4. The van der Waals surface area contributed by atoms with Crippen LogP contribution in [0.1, 0.15) is 18.1 Å². The van der Waals surface area contributed by atoms with Gasteiger partial charge in [0, 0.05) is 35.1 Å². The Labute approximate surface area is 294 Å². The Hall–Kier alpha value is -4.26. The molecule has 0 radical (unpaired) electrons. The first-order valence-electron chi connectivity index (χ1n) is 15.0. The molecule has 0 aromatic heterocycles. The summed E-state index contributed by atoms with van der Waals surface area (Å²) in [5.41, 5.74) is 1.59. The Morgan fingerprint density at radius 2 is 1.50 bits per heavy atom. The molecule has 0 heterocycles. The smallest absolute Gasteiger partial charge is 0.265 e. The average Bonchev–Trinajstić information content (AvgIpc) is 3.08. The number of anilines is 1. The Morgan fingerprint density at radius 1 is 0.833 bits per heavy atom. The zero-order chi connectivity index (χ0) is 34.8. The number of amides is 2. The van der Waals surface area contributed by atoms with Gasteiger partial charge in [0.25, 0.3) is 10.0 Å². The number of carbonyl (C=O) groups is 2. The van der Waals surface area contributed by atoms with Gasteiger partial charge in [-0.2, -0.15) is 0 Å². The van der Waals surface area contributed by atoms with Crippen molar-refractivity contribution in [3.63, 3.8) is 0 Å². The zero-order valence-corrected chi connectivity index (χ0v) is 30.1. The molecule has 0 aliphatic heterocycles. The number of hydrogen-bond acceptors (Lipinski definition) is 7. The maximum absolute atomic E-state index is 14.7. The van der Waals surface area contributed by atoms with Gasteiger partial charge in [-0.05, 0) is 60.5 Å². The number of methoxy groups -OCH3 is 3. The summed E-state index contributed by atoms with van der Waals surface area (Å²) >= 11 is 9.86. The first-order chi connectivity index (χ1) is 23.0. The van der Waals surface area contributed by atoms with Crippen LogP contribution in [0, 0.1) is 0 Å². The van der Waals surface area contributed by atoms with Crippen LogP contribution in [0.5, 0.6) is 17.2 Å². The third kappa shape index (κ3) is 8.80. The van der Waals surface area contributed by atoms with Crippen LogP contribution in [-0.2, 0) is 32.6 Å². The van der Waals surface area contributed by atoms with E-state index in [9.17, 15) is 18.0 Å². The molecule has 0 fully saturated rings. The summed E-state index contributed by atoms with van der Waals surface area (Å²) in [7, 11) is -0.260. The minimum atomic E-state index is -4.48. The molecule has 4 aromatic rings. The van der Waals surface area contributed by atoms with Crippen LogP contribution < -0.4 is 23.8 Å². The fraction of sp³-hybridized carbons (Fsp3) is 0.257. The van der Waals surface area contributed by atoms with Crippen LogP contribution in [0.15, 0.2) is 100 Å². The highest BCUT2D eigenvalue weighted by Crippen LogP contribution is 2.37. The largest absolute Gasteiger partial charge is 0.495 e. The molecular formula is C35H37BrClN3O7S. The summed E-state index contributed by atoms with van der Waals surface area (Å²) in [5.74, 6) is -0.337.